The van der Waals surface area contributed by atoms with Gasteiger partial charge in [-0.25, -0.2) is 0 Å². The van der Waals surface area contributed by atoms with Gasteiger partial charge in [0, 0.05) is 37.6 Å². The molecule has 3 heterocycles. The van der Waals surface area contributed by atoms with Crippen LogP contribution >= 0.6 is 11.3 Å². The second-order valence-electron chi connectivity index (χ2n) is 6.03. The molecule has 2 aromatic heterocycles. The van der Waals surface area contributed by atoms with Gasteiger partial charge in [0.15, 0.2) is 0 Å². The van der Waals surface area contributed by atoms with Gasteiger partial charge in [0.25, 0.3) is 4.96 Å². The Kier molecular flexibility index (Phi) is 3.50. The molecule has 0 radical (unpaired) electrons. The number of nitro groups is 1. The van der Waals surface area contributed by atoms with Gasteiger partial charge in [0.05, 0.1) is 0 Å². The predicted molar refractivity (Wildman–Crippen MR) is 85.8 cm³/mol. The van der Waals surface area contributed by atoms with E-state index < -0.39 is 0 Å². The van der Waals surface area contributed by atoms with Gasteiger partial charge in [-0.1, -0.05) is 24.2 Å². The Hall–Kier alpha value is -1.67. The Morgan fingerprint density at radius 3 is 2.64 bits per heavy atom. The number of fused-ring (bicyclic) bond motifs is 1. The van der Waals surface area contributed by atoms with E-state index in [0.717, 1.165) is 32.2 Å². The van der Waals surface area contributed by atoms with Crippen molar-refractivity contribution < 1.29 is 4.92 Å². The van der Waals surface area contributed by atoms with Crippen LogP contribution in [0.25, 0.3) is 4.96 Å². The molecule has 0 atom stereocenters. The number of nitrogens with zero attached hydrogens (tertiary/aromatic N) is 5. The largest absolute Gasteiger partial charge is 0.373 e. The standard InChI is InChI=1S/C14H19N5O2S/c20-19(21)13-12(15-14-18(13)9-10-22-14)17-7-5-16(6-8-17)11-3-1-2-4-11/h9-11H,1-8H2. The van der Waals surface area contributed by atoms with Crippen LogP contribution < -0.4 is 4.90 Å². The maximum absolute atomic E-state index is 11.4. The minimum absolute atomic E-state index is 0.102. The Morgan fingerprint density at radius 2 is 1.95 bits per heavy atom. The smallest absolute Gasteiger partial charge is 0.358 e. The zero-order valence-corrected chi connectivity index (χ0v) is 13.2. The molecule has 0 amide bonds. The SMILES string of the molecule is O=[N+]([O-])c1c(N2CCN(C3CCCC3)CC2)nc2sccn12. The fourth-order valence-corrected chi connectivity index (χ4v) is 4.42. The maximum Gasteiger partial charge on any atom is 0.373 e. The molecule has 1 aliphatic heterocycles. The minimum Gasteiger partial charge on any atom is -0.358 e. The molecule has 118 valence electrons. The first-order valence-electron chi connectivity index (χ1n) is 7.83. The molecule has 1 aliphatic carbocycles. The second kappa shape index (κ2) is 5.51. The summed E-state index contributed by atoms with van der Waals surface area (Å²) in [7, 11) is 0. The van der Waals surface area contributed by atoms with Gasteiger partial charge in [-0.15, -0.1) is 0 Å². The van der Waals surface area contributed by atoms with Crippen molar-refractivity contribution in [3.63, 3.8) is 0 Å². The van der Waals surface area contributed by atoms with E-state index in [0.29, 0.717) is 10.8 Å². The molecule has 2 fully saturated rings. The molecule has 1 saturated carbocycles. The highest BCUT2D eigenvalue weighted by atomic mass is 32.1. The van der Waals surface area contributed by atoms with Crippen molar-refractivity contribution in [3.05, 3.63) is 21.7 Å². The number of aromatic nitrogens is 2. The third kappa shape index (κ3) is 2.26. The summed E-state index contributed by atoms with van der Waals surface area (Å²) in [5.74, 6) is 0.633. The first-order valence-corrected chi connectivity index (χ1v) is 8.71. The zero-order chi connectivity index (χ0) is 15.1. The van der Waals surface area contributed by atoms with Crippen LogP contribution in [-0.4, -0.2) is 51.4 Å². The first-order chi connectivity index (χ1) is 10.7. The van der Waals surface area contributed by atoms with E-state index in [2.05, 4.69) is 14.8 Å². The number of imidazole rings is 1. The van der Waals surface area contributed by atoms with E-state index in [4.69, 9.17) is 0 Å². The predicted octanol–water partition coefficient (Wildman–Crippen LogP) is 2.37. The quantitative estimate of drug-likeness (QED) is 0.641. The molecule has 8 heteroatoms. The van der Waals surface area contributed by atoms with E-state index in [1.807, 2.05) is 5.38 Å². The fourth-order valence-electron chi connectivity index (χ4n) is 3.71. The summed E-state index contributed by atoms with van der Waals surface area (Å²) in [6.45, 7) is 3.60. The molecular weight excluding hydrogens is 302 g/mol. The van der Waals surface area contributed by atoms with Crippen molar-refractivity contribution in [2.45, 2.75) is 31.7 Å². The number of hydrogen-bond acceptors (Lipinski definition) is 6. The van der Waals surface area contributed by atoms with Crippen LogP contribution in [0.2, 0.25) is 0 Å². The summed E-state index contributed by atoms with van der Waals surface area (Å²) < 4.78 is 1.59. The third-order valence-corrected chi connectivity index (χ3v) is 5.60. The number of anilines is 1. The van der Waals surface area contributed by atoms with Crippen molar-refractivity contribution in [2.24, 2.45) is 0 Å². The lowest BCUT2D eigenvalue weighted by atomic mass is 10.2. The summed E-state index contributed by atoms with van der Waals surface area (Å²) in [6, 6.07) is 0.725. The lowest BCUT2D eigenvalue weighted by Gasteiger charge is -2.37. The molecule has 22 heavy (non-hydrogen) atoms. The first kappa shape index (κ1) is 14.0. The average molecular weight is 321 g/mol. The number of piperazine rings is 1. The lowest BCUT2D eigenvalue weighted by Crippen LogP contribution is -2.50. The van der Waals surface area contributed by atoms with Crippen molar-refractivity contribution in [3.8, 4) is 0 Å². The fraction of sp³-hybridized carbons (Fsp3) is 0.643. The van der Waals surface area contributed by atoms with Crippen LogP contribution in [0.4, 0.5) is 11.6 Å². The highest BCUT2D eigenvalue weighted by molar-refractivity contribution is 7.15. The number of thiazole rings is 1. The van der Waals surface area contributed by atoms with Crippen molar-refractivity contribution in [1.82, 2.24) is 14.3 Å². The Morgan fingerprint density at radius 1 is 1.23 bits per heavy atom. The number of rotatable bonds is 3. The second-order valence-corrected chi connectivity index (χ2v) is 6.91. The van der Waals surface area contributed by atoms with Gasteiger partial charge in [-0.3, -0.25) is 4.90 Å². The minimum atomic E-state index is -0.314. The molecule has 0 unspecified atom stereocenters. The van der Waals surface area contributed by atoms with E-state index >= 15 is 0 Å². The molecule has 2 aliphatic rings. The summed E-state index contributed by atoms with van der Waals surface area (Å²) in [5, 5.41) is 13.3. The van der Waals surface area contributed by atoms with Crippen molar-refractivity contribution in [2.75, 3.05) is 31.1 Å². The topological polar surface area (TPSA) is 66.9 Å². The van der Waals surface area contributed by atoms with Gasteiger partial charge in [0.2, 0.25) is 5.82 Å². The molecule has 7 nitrogen and oxygen atoms in total. The molecule has 0 spiro atoms. The van der Waals surface area contributed by atoms with Gasteiger partial charge < -0.3 is 15.0 Å². The highest BCUT2D eigenvalue weighted by Gasteiger charge is 2.32. The van der Waals surface area contributed by atoms with Gasteiger partial charge in [-0.2, -0.15) is 9.38 Å². The third-order valence-electron chi connectivity index (χ3n) is 4.85. The van der Waals surface area contributed by atoms with Crippen LogP contribution in [0.15, 0.2) is 11.6 Å². The van der Waals surface area contributed by atoms with Crippen LogP contribution in [0.3, 0.4) is 0 Å². The lowest BCUT2D eigenvalue weighted by molar-refractivity contribution is -0.389. The Labute approximate surface area is 132 Å². The highest BCUT2D eigenvalue weighted by Crippen LogP contribution is 2.32. The molecule has 0 aromatic carbocycles. The van der Waals surface area contributed by atoms with Crippen LogP contribution in [0.1, 0.15) is 25.7 Å². The molecular formula is C14H19N5O2S. The van der Waals surface area contributed by atoms with Gasteiger partial charge >= 0.3 is 5.82 Å². The number of hydrogen-bond donors (Lipinski definition) is 0. The van der Waals surface area contributed by atoms with Crippen LogP contribution in [0.5, 0.6) is 0 Å². The molecule has 0 bridgehead atoms. The van der Waals surface area contributed by atoms with E-state index in [9.17, 15) is 10.1 Å². The van der Waals surface area contributed by atoms with Crippen LogP contribution in [0, 0.1) is 10.1 Å². The maximum atomic E-state index is 11.4. The van der Waals surface area contributed by atoms with E-state index in [-0.39, 0.29) is 10.7 Å². The average Bonchev–Trinajstić information content (AvgIpc) is 3.23. The molecule has 2 aromatic rings. The van der Waals surface area contributed by atoms with E-state index in [1.54, 1.807) is 10.6 Å². The Balaban J connectivity index is 1.54. The summed E-state index contributed by atoms with van der Waals surface area (Å²) >= 11 is 1.43. The normalized spacial score (nSPS) is 21.0. The summed E-state index contributed by atoms with van der Waals surface area (Å²) in [6.07, 6.45) is 7.02. The van der Waals surface area contributed by atoms with Crippen LogP contribution in [-0.2, 0) is 0 Å². The van der Waals surface area contributed by atoms with E-state index in [1.165, 1.54) is 37.0 Å². The molecule has 4 rings (SSSR count). The molecule has 0 N–H and O–H groups in total. The van der Waals surface area contributed by atoms with Crippen molar-refractivity contribution >= 4 is 27.9 Å². The van der Waals surface area contributed by atoms with Gasteiger partial charge in [0.1, 0.15) is 6.20 Å². The molecule has 1 saturated heterocycles. The Bertz CT molecular complexity index is 683. The van der Waals surface area contributed by atoms with Crippen molar-refractivity contribution in [1.29, 1.82) is 0 Å². The zero-order valence-electron chi connectivity index (χ0n) is 12.3. The van der Waals surface area contributed by atoms with Gasteiger partial charge in [-0.05, 0) is 17.8 Å². The summed E-state index contributed by atoms with van der Waals surface area (Å²) in [4.78, 5) is 20.9. The monoisotopic (exact) mass is 321 g/mol. The summed E-state index contributed by atoms with van der Waals surface area (Å²) in [5.41, 5.74) is 0.